The molecule has 2 unspecified atom stereocenters. The molecule has 0 amide bonds. The molecular weight excluding hydrogens is 257 g/mol. The van der Waals surface area contributed by atoms with Crippen LogP contribution >= 0.6 is 0 Å². The topological polar surface area (TPSA) is 49.3 Å². The van der Waals surface area contributed by atoms with Crippen molar-refractivity contribution in [1.29, 1.82) is 0 Å². The molecule has 0 radical (unpaired) electrons. The normalized spacial score (nSPS) is 14.2. The number of halogens is 1. The van der Waals surface area contributed by atoms with Crippen LogP contribution in [0.3, 0.4) is 0 Å². The number of alkyl halides is 1. The van der Waals surface area contributed by atoms with Gasteiger partial charge in [0.15, 0.2) is 0 Å². The Morgan fingerprint density at radius 1 is 1.25 bits per heavy atom. The summed E-state index contributed by atoms with van der Waals surface area (Å²) in [4.78, 5) is 11.0. The number of hydrogen-bond donors (Lipinski definition) is 2. The maximum absolute atomic E-state index is 13.9. The number of nitrogens with one attached hydrogen (secondary N) is 1. The van der Waals surface area contributed by atoms with Gasteiger partial charge in [0.1, 0.15) is 12.2 Å². The van der Waals surface area contributed by atoms with E-state index in [0.717, 1.165) is 12.8 Å². The zero-order chi connectivity index (χ0) is 15.0. The minimum absolute atomic E-state index is 0.0470. The van der Waals surface area contributed by atoms with E-state index in [4.69, 9.17) is 5.11 Å². The van der Waals surface area contributed by atoms with Gasteiger partial charge in [-0.25, -0.2) is 4.39 Å². The molecule has 0 fully saturated rings. The molecule has 4 heteroatoms. The molecule has 0 aliphatic rings. The van der Waals surface area contributed by atoms with E-state index in [9.17, 15) is 9.18 Å². The van der Waals surface area contributed by atoms with E-state index in [2.05, 4.69) is 5.32 Å². The molecule has 2 atom stereocenters. The van der Waals surface area contributed by atoms with Gasteiger partial charge in [0.05, 0.1) is 0 Å². The predicted molar refractivity (Wildman–Crippen MR) is 78.4 cm³/mol. The molecule has 0 aliphatic carbocycles. The summed E-state index contributed by atoms with van der Waals surface area (Å²) in [6, 6.07) is 8.61. The Morgan fingerprint density at radius 2 is 1.90 bits per heavy atom. The van der Waals surface area contributed by atoms with E-state index in [1.54, 1.807) is 12.1 Å². The Kier molecular flexibility index (Phi) is 7.23. The molecule has 0 saturated carbocycles. The van der Waals surface area contributed by atoms with Crippen molar-refractivity contribution in [2.24, 2.45) is 5.92 Å². The van der Waals surface area contributed by atoms with Crippen molar-refractivity contribution < 1.29 is 14.3 Å². The van der Waals surface area contributed by atoms with E-state index in [0.29, 0.717) is 18.5 Å². The van der Waals surface area contributed by atoms with Gasteiger partial charge in [0.2, 0.25) is 0 Å². The lowest BCUT2D eigenvalue weighted by Gasteiger charge is -2.17. The van der Waals surface area contributed by atoms with Crippen LogP contribution in [0.2, 0.25) is 0 Å². The first kappa shape index (κ1) is 16.6. The van der Waals surface area contributed by atoms with Crippen molar-refractivity contribution in [3.8, 4) is 0 Å². The summed E-state index contributed by atoms with van der Waals surface area (Å²) in [7, 11) is 0. The van der Waals surface area contributed by atoms with E-state index in [1.165, 1.54) is 0 Å². The van der Waals surface area contributed by atoms with E-state index in [1.807, 2.05) is 32.0 Å². The lowest BCUT2D eigenvalue weighted by molar-refractivity contribution is -0.140. The Hall–Kier alpha value is -1.42. The fourth-order valence-corrected chi connectivity index (χ4v) is 2.14. The standard InChI is InChI=1S/C16H24FNO2/c1-12(2)15(16(19)20)18-11-7-6-10-14(17)13-8-4-3-5-9-13/h3-5,8-9,12,14-15,18H,6-7,10-11H2,1-2H3,(H,19,20). The minimum atomic E-state index is -0.934. The summed E-state index contributed by atoms with van der Waals surface area (Å²) < 4.78 is 13.9. The number of carboxylic acids is 1. The van der Waals surface area contributed by atoms with Gasteiger partial charge in [-0.2, -0.15) is 0 Å². The lowest BCUT2D eigenvalue weighted by Crippen LogP contribution is -2.41. The third-order valence-corrected chi connectivity index (χ3v) is 3.34. The molecule has 0 aromatic heterocycles. The van der Waals surface area contributed by atoms with Gasteiger partial charge in [-0.15, -0.1) is 0 Å². The van der Waals surface area contributed by atoms with Crippen molar-refractivity contribution in [1.82, 2.24) is 5.32 Å². The second-order valence-electron chi connectivity index (χ2n) is 5.39. The summed E-state index contributed by atoms with van der Waals surface area (Å²) in [6.45, 7) is 4.36. The van der Waals surface area contributed by atoms with Crippen molar-refractivity contribution in [3.05, 3.63) is 35.9 Å². The fraction of sp³-hybridized carbons (Fsp3) is 0.562. The minimum Gasteiger partial charge on any atom is -0.480 e. The highest BCUT2D eigenvalue weighted by atomic mass is 19.1. The molecule has 0 aliphatic heterocycles. The third kappa shape index (κ3) is 5.70. The Labute approximate surface area is 120 Å². The lowest BCUT2D eigenvalue weighted by atomic mass is 10.0. The first-order chi connectivity index (χ1) is 9.52. The zero-order valence-corrected chi connectivity index (χ0v) is 12.2. The molecule has 0 saturated heterocycles. The number of aliphatic carboxylic acids is 1. The van der Waals surface area contributed by atoms with Gasteiger partial charge in [-0.1, -0.05) is 44.2 Å². The molecule has 20 heavy (non-hydrogen) atoms. The molecular formula is C16H24FNO2. The summed E-state index contributed by atoms with van der Waals surface area (Å²) in [5.41, 5.74) is 0.714. The van der Waals surface area contributed by atoms with Gasteiger partial charge < -0.3 is 10.4 Å². The summed E-state index contributed by atoms with van der Waals surface area (Å²) in [5, 5.41) is 12.0. The van der Waals surface area contributed by atoms with Crippen LogP contribution in [0.25, 0.3) is 0 Å². The first-order valence-electron chi connectivity index (χ1n) is 7.17. The van der Waals surface area contributed by atoms with E-state index >= 15 is 0 Å². The number of carboxylic acid groups (broad SMARTS) is 1. The highest BCUT2D eigenvalue weighted by Crippen LogP contribution is 2.22. The number of hydrogen-bond acceptors (Lipinski definition) is 2. The first-order valence-corrected chi connectivity index (χ1v) is 7.17. The van der Waals surface area contributed by atoms with Gasteiger partial charge in [-0.3, -0.25) is 4.79 Å². The van der Waals surface area contributed by atoms with Gasteiger partial charge in [0, 0.05) is 0 Å². The maximum atomic E-state index is 13.9. The van der Waals surface area contributed by atoms with Crippen LogP contribution < -0.4 is 5.32 Å². The third-order valence-electron chi connectivity index (χ3n) is 3.34. The van der Waals surface area contributed by atoms with Crippen LogP contribution in [0.1, 0.15) is 44.8 Å². The Bertz CT molecular complexity index is 395. The second-order valence-corrected chi connectivity index (χ2v) is 5.39. The second kappa shape index (κ2) is 8.69. The quantitative estimate of drug-likeness (QED) is 0.680. The average molecular weight is 281 g/mol. The largest absolute Gasteiger partial charge is 0.480 e. The van der Waals surface area contributed by atoms with Crippen LogP contribution in [0.5, 0.6) is 0 Å². The fourth-order valence-electron chi connectivity index (χ4n) is 2.14. The molecule has 1 aromatic carbocycles. The number of carbonyl (C=O) groups is 1. The van der Waals surface area contributed by atoms with E-state index < -0.39 is 18.2 Å². The summed E-state index contributed by atoms with van der Waals surface area (Å²) in [5.74, 6) is -0.779. The molecule has 0 bridgehead atoms. The van der Waals surface area contributed by atoms with Crippen LogP contribution in [-0.2, 0) is 4.79 Å². The molecule has 2 N–H and O–H groups in total. The Morgan fingerprint density at radius 3 is 2.45 bits per heavy atom. The van der Waals surface area contributed by atoms with Crippen LogP contribution in [0, 0.1) is 5.92 Å². The van der Waals surface area contributed by atoms with Crippen molar-refractivity contribution >= 4 is 5.97 Å². The van der Waals surface area contributed by atoms with Crippen molar-refractivity contribution in [2.45, 2.75) is 45.3 Å². The summed E-state index contributed by atoms with van der Waals surface area (Å²) in [6.07, 6.45) is 1.07. The van der Waals surface area contributed by atoms with Gasteiger partial charge in [0.25, 0.3) is 0 Å². The van der Waals surface area contributed by atoms with Crippen LogP contribution in [0.15, 0.2) is 30.3 Å². The molecule has 0 spiro atoms. The average Bonchev–Trinajstić information content (AvgIpc) is 2.42. The number of rotatable bonds is 9. The molecule has 112 valence electrons. The number of unbranched alkanes of at least 4 members (excludes halogenated alkanes) is 1. The molecule has 0 heterocycles. The SMILES string of the molecule is CC(C)C(NCCCCC(F)c1ccccc1)C(=O)O. The summed E-state index contributed by atoms with van der Waals surface area (Å²) >= 11 is 0. The number of benzene rings is 1. The Balaban J connectivity index is 2.20. The predicted octanol–water partition coefficient (Wildman–Crippen LogP) is 3.57. The van der Waals surface area contributed by atoms with Crippen molar-refractivity contribution in [2.75, 3.05) is 6.54 Å². The smallest absolute Gasteiger partial charge is 0.320 e. The van der Waals surface area contributed by atoms with E-state index in [-0.39, 0.29) is 5.92 Å². The van der Waals surface area contributed by atoms with Gasteiger partial charge >= 0.3 is 5.97 Å². The van der Waals surface area contributed by atoms with Gasteiger partial charge in [-0.05, 0) is 37.3 Å². The molecule has 1 rings (SSSR count). The highest BCUT2D eigenvalue weighted by molar-refractivity contribution is 5.73. The van der Waals surface area contributed by atoms with Crippen LogP contribution in [0.4, 0.5) is 4.39 Å². The van der Waals surface area contributed by atoms with Crippen LogP contribution in [-0.4, -0.2) is 23.7 Å². The molecule has 1 aromatic rings. The molecule has 3 nitrogen and oxygen atoms in total. The maximum Gasteiger partial charge on any atom is 0.320 e. The zero-order valence-electron chi connectivity index (χ0n) is 12.2. The highest BCUT2D eigenvalue weighted by Gasteiger charge is 2.19. The monoisotopic (exact) mass is 281 g/mol. The van der Waals surface area contributed by atoms with Crippen molar-refractivity contribution in [3.63, 3.8) is 0 Å².